The number of halogens is 3. The fraction of sp³-hybridized carbons (Fsp3) is 0.250. The number of hydrogen-bond acceptors (Lipinski definition) is 2. The van der Waals surface area contributed by atoms with Gasteiger partial charge < -0.3 is 5.32 Å². The van der Waals surface area contributed by atoms with Gasteiger partial charge in [-0.3, -0.25) is 4.68 Å². The molecule has 0 saturated carbocycles. The van der Waals surface area contributed by atoms with Crippen LogP contribution in [0.25, 0.3) is 0 Å². The Morgan fingerprint density at radius 1 is 1.39 bits per heavy atom. The minimum atomic E-state index is -0.266. The number of aromatic nitrogens is 2. The van der Waals surface area contributed by atoms with Crippen LogP contribution >= 0.6 is 31.9 Å². The molecule has 0 aliphatic heterocycles. The molecule has 1 aromatic carbocycles. The molecule has 1 aromatic heterocycles. The molecular weight excluding hydrogens is 365 g/mol. The van der Waals surface area contributed by atoms with Crippen LogP contribution in [0.3, 0.4) is 0 Å². The van der Waals surface area contributed by atoms with E-state index in [0.29, 0.717) is 11.0 Å². The summed E-state index contributed by atoms with van der Waals surface area (Å²) in [5.74, 6) is -0.266. The van der Waals surface area contributed by atoms with E-state index < -0.39 is 0 Å². The van der Waals surface area contributed by atoms with Gasteiger partial charge in [-0.2, -0.15) is 5.10 Å². The first-order chi connectivity index (χ1) is 8.49. The van der Waals surface area contributed by atoms with Gasteiger partial charge >= 0.3 is 0 Å². The van der Waals surface area contributed by atoms with Gasteiger partial charge in [0.15, 0.2) is 0 Å². The van der Waals surface area contributed by atoms with Crippen LogP contribution in [-0.2, 0) is 13.6 Å². The Balaban J connectivity index is 2.14. The first-order valence-corrected chi connectivity index (χ1v) is 6.94. The lowest BCUT2D eigenvalue weighted by molar-refractivity contribution is 0.621. The lowest BCUT2D eigenvalue weighted by Gasteiger charge is -2.08. The van der Waals surface area contributed by atoms with E-state index in [1.807, 2.05) is 18.7 Å². The maximum Gasteiger partial charge on any atom is 0.137 e. The lowest BCUT2D eigenvalue weighted by Crippen LogP contribution is -2.06. The van der Waals surface area contributed by atoms with Gasteiger partial charge in [-0.25, -0.2) is 4.39 Å². The molecule has 96 valence electrons. The Labute approximate surface area is 122 Å². The zero-order valence-electron chi connectivity index (χ0n) is 9.97. The van der Waals surface area contributed by atoms with E-state index >= 15 is 0 Å². The minimum Gasteiger partial charge on any atom is -0.379 e. The maximum absolute atomic E-state index is 13.1. The van der Waals surface area contributed by atoms with Gasteiger partial charge in [0.1, 0.15) is 5.82 Å². The van der Waals surface area contributed by atoms with Gasteiger partial charge in [-0.05, 0) is 57.0 Å². The monoisotopic (exact) mass is 375 g/mol. The van der Waals surface area contributed by atoms with Gasteiger partial charge in [0.2, 0.25) is 0 Å². The Morgan fingerprint density at radius 2 is 2.11 bits per heavy atom. The molecule has 0 aliphatic carbocycles. The minimum absolute atomic E-state index is 0.266. The quantitative estimate of drug-likeness (QED) is 0.877. The van der Waals surface area contributed by atoms with E-state index in [0.717, 1.165) is 21.5 Å². The number of aryl methyl sites for hydroxylation is 2. The molecule has 3 nitrogen and oxygen atoms in total. The number of benzene rings is 1. The second-order valence-electron chi connectivity index (χ2n) is 3.95. The molecule has 0 atom stereocenters. The SMILES string of the molecule is Cc1nn(C)c(CNc2ccc(F)c(Br)c2)c1Br. The number of nitrogens with zero attached hydrogens (tertiary/aromatic N) is 2. The number of anilines is 1. The van der Waals surface area contributed by atoms with Crippen molar-refractivity contribution in [3.05, 3.63) is 44.3 Å². The zero-order chi connectivity index (χ0) is 13.3. The van der Waals surface area contributed by atoms with Crippen molar-refractivity contribution < 1.29 is 4.39 Å². The average molecular weight is 377 g/mol. The smallest absolute Gasteiger partial charge is 0.137 e. The molecule has 0 aliphatic rings. The fourth-order valence-electron chi connectivity index (χ4n) is 1.66. The molecule has 0 radical (unpaired) electrons. The Hall–Kier alpha value is -0.880. The van der Waals surface area contributed by atoms with Gasteiger partial charge in [-0.15, -0.1) is 0 Å². The van der Waals surface area contributed by atoms with Gasteiger partial charge in [0.25, 0.3) is 0 Å². The zero-order valence-corrected chi connectivity index (χ0v) is 13.1. The number of hydrogen-bond donors (Lipinski definition) is 1. The summed E-state index contributed by atoms with van der Waals surface area (Å²) < 4.78 is 16.4. The van der Waals surface area contributed by atoms with E-state index in [4.69, 9.17) is 0 Å². The summed E-state index contributed by atoms with van der Waals surface area (Å²) in [6.07, 6.45) is 0. The van der Waals surface area contributed by atoms with Crippen LogP contribution in [-0.4, -0.2) is 9.78 Å². The van der Waals surface area contributed by atoms with E-state index in [1.165, 1.54) is 6.07 Å². The van der Waals surface area contributed by atoms with E-state index in [9.17, 15) is 4.39 Å². The van der Waals surface area contributed by atoms with E-state index in [-0.39, 0.29) is 5.82 Å². The highest BCUT2D eigenvalue weighted by Crippen LogP contribution is 2.23. The predicted molar refractivity (Wildman–Crippen MR) is 77.1 cm³/mol. The molecule has 0 amide bonds. The van der Waals surface area contributed by atoms with E-state index in [1.54, 1.807) is 12.1 Å². The van der Waals surface area contributed by atoms with Crippen LogP contribution in [0.1, 0.15) is 11.4 Å². The molecule has 0 unspecified atom stereocenters. The average Bonchev–Trinajstić information content (AvgIpc) is 2.56. The van der Waals surface area contributed by atoms with Crippen molar-refractivity contribution in [3.63, 3.8) is 0 Å². The van der Waals surface area contributed by atoms with Crippen LogP contribution in [0.15, 0.2) is 27.1 Å². The molecule has 1 N–H and O–H groups in total. The Bertz CT molecular complexity index is 581. The molecule has 1 heterocycles. The predicted octanol–water partition coefficient (Wildman–Crippen LogP) is 4.00. The topological polar surface area (TPSA) is 29.9 Å². The third kappa shape index (κ3) is 2.75. The fourth-order valence-corrected chi connectivity index (χ4v) is 2.52. The number of rotatable bonds is 3. The highest BCUT2D eigenvalue weighted by atomic mass is 79.9. The Kier molecular flexibility index (Phi) is 4.07. The van der Waals surface area contributed by atoms with Gasteiger partial charge in [-0.1, -0.05) is 0 Å². The van der Waals surface area contributed by atoms with Crippen molar-refractivity contribution in [1.29, 1.82) is 0 Å². The molecule has 0 bridgehead atoms. The molecule has 2 aromatic rings. The molecule has 2 rings (SSSR count). The third-order valence-corrected chi connectivity index (χ3v) is 4.28. The van der Waals surface area contributed by atoms with Crippen LogP contribution in [0, 0.1) is 12.7 Å². The van der Waals surface area contributed by atoms with Crippen LogP contribution < -0.4 is 5.32 Å². The van der Waals surface area contributed by atoms with E-state index in [2.05, 4.69) is 42.3 Å². The molecule has 0 spiro atoms. The lowest BCUT2D eigenvalue weighted by atomic mass is 10.3. The summed E-state index contributed by atoms with van der Waals surface area (Å²) in [6.45, 7) is 2.57. The molecule has 0 saturated heterocycles. The van der Waals surface area contributed by atoms with Crippen molar-refractivity contribution in [1.82, 2.24) is 9.78 Å². The highest BCUT2D eigenvalue weighted by Gasteiger charge is 2.10. The Morgan fingerprint density at radius 3 is 2.67 bits per heavy atom. The largest absolute Gasteiger partial charge is 0.379 e. The van der Waals surface area contributed by atoms with Crippen molar-refractivity contribution in [3.8, 4) is 0 Å². The molecule has 0 fully saturated rings. The number of nitrogens with one attached hydrogen (secondary N) is 1. The maximum atomic E-state index is 13.1. The second kappa shape index (κ2) is 5.40. The molecule has 6 heteroatoms. The van der Waals surface area contributed by atoms with Crippen LogP contribution in [0.5, 0.6) is 0 Å². The summed E-state index contributed by atoms with van der Waals surface area (Å²) in [5.41, 5.74) is 2.86. The standard InChI is InChI=1S/C12H12Br2FN3/c1-7-12(14)11(18(2)17-7)6-16-8-3-4-10(15)9(13)5-8/h3-5,16H,6H2,1-2H3. The summed E-state index contributed by atoms with van der Waals surface area (Å²) in [7, 11) is 1.90. The molecule has 18 heavy (non-hydrogen) atoms. The first kappa shape index (κ1) is 13.5. The summed E-state index contributed by atoms with van der Waals surface area (Å²) in [4.78, 5) is 0. The normalized spacial score (nSPS) is 10.7. The van der Waals surface area contributed by atoms with Crippen molar-refractivity contribution in [2.24, 2.45) is 7.05 Å². The highest BCUT2D eigenvalue weighted by molar-refractivity contribution is 9.10. The van der Waals surface area contributed by atoms with Crippen LogP contribution in [0.2, 0.25) is 0 Å². The summed E-state index contributed by atoms with van der Waals surface area (Å²) in [5, 5.41) is 7.55. The van der Waals surface area contributed by atoms with Crippen molar-refractivity contribution in [2.45, 2.75) is 13.5 Å². The first-order valence-electron chi connectivity index (χ1n) is 5.36. The summed E-state index contributed by atoms with van der Waals surface area (Å²) in [6, 6.07) is 4.85. The van der Waals surface area contributed by atoms with Crippen molar-refractivity contribution >= 4 is 37.5 Å². The third-order valence-electron chi connectivity index (χ3n) is 2.64. The second-order valence-corrected chi connectivity index (χ2v) is 5.60. The van der Waals surface area contributed by atoms with Crippen molar-refractivity contribution in [2.75, 3.05) is 5.32 Å². The van der Waals surface area contributed by atoms with Gasteiger partial charge in [0, 0.05) is 12.7 Å². The van der Waals surface area contributed by atoms with Crippen LogP contribution in [0.4, 0.5) is 10.1 Å². The molecular formula is C12H12Br2FN3. The summed E-state index contributed by atoms with van der Waals surface area (Å²) >= 11 is 6.67. The van der Waals surface area contributed by atoms with Gasteiger partial charge in [0.05, 0.1) is 26.9 Å².